The van der Waals surface area contributed by atoms with E-state index in [-0.39, 0.29) is 23.9 Å². The average molecular weight is 435 g/mol. The Bertz CT molecular complexity index is 1140. The molecule has 32 heavy (non-hydrogen) atoms. The van der Waals surface area contributed by atoms with Crippen LogP contribution in [-0.4, -0.2) is 48.4 Å². The van der Waals surface area contributed by atoms with Gasteiger partial charge in [-0.2, -0.15) is 0 Å². The Labute approximate surface area is 187 Å². The molecule has 1 saturated heterocycles. The summed E-state index contributed by atoms with van der Waals surface area (Å²) < 4.78 is 11.6. The molecule has 5 rings (SSSR count). The quantitative estimate of drug-likeness (QED) is 0.406. The number of Topliss-reactive ketones (excluding diaryl/α,β-unsaturated/α-hetero) is 2. The summed E-state index contributed by atoms with van der Waals surface area (Å²) >= 11 is 0. The summed E-state index contributed by atoms with van der Waals surface area (Å²) in [6, 6.07) is 9.97. The Morgan fingerprint density at radius 1 is 1.12 bits per heavy atom. The molecule has 0 radical (unpaired) electrons. The van der Waals surface area contributed by atoms with Gasteiger partial charge in [-0.3, -0.25) is 9.59 Å². The van der Waals surface area contributed by atoms with Crippen molar-refractivity contribution in [2.75, 3.05) is 26.7 Å². The number of carbonyl (C=O) groups excluding carboxylic acids is 2. The highest BCUT2D eigenvalue weighted by Gasteiger charge is 2.32. The van der Waals surface area contributed by atoms with Crippen LogP contribution in [0.2, 0.25) is 0 Å². The molecule has 1 aromatic heterocycles. The molecule has 0 spiro atoms. The minimum atomic E-state index is -0.366. The molecule has 6 heteroatoms. The minimum absolute atomic E-state index is 0.000663. The molecule has 2 aromatic carbocycles. The molecule has 168 valence electrons. The fourth-order valence-electron chi connectivity index (χ4n) is 5.17. The Morgan fingerprint density at radius 2 is 1.97 bits per heavy atom. The third-order valence-electron chi connectivity index (χ3n) is 7.12. The van der Waals surface area contributed by atoms with Crippen LogP contribution in [-0.2, 0) is 9.59 Å². The molecule has 1 aliphatic heterocycles. The van der Waals surface area contributed by atoms with Crippen LogP contribution in [0.5, 0.6) is 5.75 Å². The number of ketones is 2. The fraction of sp³-hybridized carbons (Fsp3) is 0.500. The number of benzene rings is 2. The largest absolute Gasteiger partial charge is 0.494 e. The molecule has 2 aliphatic rings. The van der Waals surface area contributed by atoms with Gasteiger partial charge in [-0.25, -0.2) is 0 Å². The Balaban J connectivity index is 1.30. The predicted octanol–water partition coefficient (Wildman–Crippen LogP) is 4.89. The summed E-state index contributed by atoms with van der Waals surface area (Å²) in [4.78, 5) is 26.5. The van der Waals surface area contributed by atoms with Gasteiger partial charge in [-0.05, 0) is 93.2 Å². The average Bonchev–Trinajstić information content (AvgIpc) is 3.22. The minimum Gasteiger partial charge on any atom is -0.494 e. The van der Waals surface area contributed by atoms with Gasteiger partial charge in [0.25, 0.3) is 0 Å². The Morgan fingerprint density at radius 3 is 2.78 bits per heavy atom. The van der Waals surface area contributed by atoms with E-state index in [0.29, 0.717) is 24.1 Å². The van der Waals surface area contributed by atoms with Crippen LogP contribution >= 0.6 is 0 Å². The van der Waals surface area contributed by atoms with Crippen LogP contribution in [0.3, 0.4) is 0 Å². The highest BCUT2D eigenvalue weighted by Crippen LogP contribution is 2.37. The first-order chi connectivity index (χ1) is 15.6. The van der Waals surface area contributed by atoms with Gasteiger partial charge in [0.15, 0.2) is 5.58 Å². The highest BCUT2D eigenvalue weighted by atomic mass is 16.5. The summed E-state index contributed by atoms with van der Waals surface area (Å²) in [6.07, 6.45) is 5.81. The number of nitrogens with zero attached hydrogens (tertiary/aromatic N) is 2. The fourth-order valence-corrected chi connectivity index (χ4v) is 5.17. The lowest BCUT2D eigenvalue weighted by Gasteiger charge is -2.28. The Kier molecular flexibility index (Phi) is 5.96. The number of hydrogen-bond acceptors (Lipinski definition) is 6. The van der Waals surface area contributed by atoms with Gasteiger partial charge in [0.2, 0.25) is 0 Å². The maximum Gasteiger partial charge on any atom is 0.167 e. The van der Waals surface area contributed by atoms with Crippen molar-refractivity contribution in [3.63, 3.8) is 0 Å². The summed E-state index contributed by atoms with van der Waals surface area (Å²) in [5.41, 5.74) is 1.33. The monoisotopic (exact) mass is 434 g/mol. The number of likely N-dealkylation sites (tertiary alicyclic amines) is 1. The lowest BCUT2D eigenvalue weighted by Crippen LogP contribution is -2.30. The molecule has 0 bridgehead atoms. The highest BCUT2D eigenvalue weighted by molar-refractivity contribution is 6.11. The van der Waals surface area contributed by atoms with E-state index in [0.717, 1.165) is 40.9 Å². The van der Waals surface area contributed by atoms with Crippen molar-refractivity contribution >= 4 is 33.3 Å². The van der Waals surface area contributed by atoms with Crippen molar-refractivity contribution in [1.29, 1.82) is 0 Å². The first-order valence-corrected chi connectivity index (χ1v) is 11.8. The SMILES string of the molecule is CN1CCC(CCCOc2ccc3c(ccc4onc([C@@H]5CCC(=O)CC5=O)c43)c2)CC1. The van der Waals surface area contributed by atoms with Crippen LogP contribution < -0.4 is 4.74 Å². The Hall–Kier alpha value is -2.73. The zero-order valence-electron chi connectivity index (χ0n) is 18.6. The van der Waals surface area contributed by atoms with Crippen molar-refractivity contribution < 1.29 is 18.8 Å². The normalized spacial score (nSPS) is 21.0. The molecular weight excluding hydrogens is 404 g/mol. The molecule has 0 amide bonds. The number of piperidine rings is 1. The molecule has 2 fully saturated rings. The number of rotatable bonds is 6. The molecule has 0 unspecified atom stereocenters. The third kappa shape index (κ3) is 4.29. The van der Waals surface area contributed by atoms with Gasteiger partial charge in [0, 0.05) is 6.42 Å². The van der Waals surface area contributed by atoms with E-state index in [2.05, 4.69) is 17.1 Å². The molecule has 1 atom stereocenters. The smallest absolute Gasteiger partial charge is 0.167 e. The maximum atomic E-state index is 12.5. The zero-order chi connectivity index (χ0) is 22.1. The van der Waals surface area contributed by atoms with Crippen LogP contribution in [0.1, 0.15) is 56.6 Å². The van der Waals surface area contributed by atoms with E-state index < -0.39 is 0 Å². The van der Waals surface area contributed by atoms with E-state index in [1.165, 1.54) is 32.4 Å². The summed E-state index contributed by atoms with van der Waals surface area (Å²) in [7, 11) is 2.20. The molecule has 0 N–H and O–H groups in total. The van der Waals surface area contributed by atoms with Gasteiger partial charge < -0.3 is 14.2 Å². The molecule has 2 heterocycles. The van der Waals surface area contributed by atoms with Crippen molar-refractivity contribution in [2.45, 2.75) is 50.9 Å². The maximum absolute atomic E-state index is 12.5. The zero-order valence-corrected chi connectivity index (χ0v) is 18.6. The lowest BCUT2D eigenvalue weighted by atomic mass is 9.83. The van der Waals surface area contributed by atoms with Gasteiger partial charge in [0.1, 0.15) is 23.0 Å². The first kappa shape index (κ1) is 21.1. The number of carbonyl (C=O) groups is 2. The summed E-state index contributed by atoms with van der Waals surface area (Å²) in [5.74, 6) is 1.27. The van der Waals surface area contributed by atoms with Crippen LogP contribution in [0.4, 0.5) is 0 Å². The second-order valence-electron chi connectivity index (χ2n) is 9.40. The molecule has 3 aromatic rings. The lowest BCUT2D eigenvalue weighted by molar-refractivity contribution is -0.130. The first-order valence-electron chi connectivity index (χ1n) is 11.8. The molecule has 6 nitrogen and oxygen atoms in total. The number of hydrogen-bond donors (Lipinski definition) is 0. The number of fused-ring (bicyclic) bond motifs is 3. The topological polar surface area (TPSA) is 72.6 Å². The third-order valence-corrected chi connectivity index (χ3v) is 7.12. The van der Waals surface area contributed by atoms with E-state index in [1.807, 2.05) is 30.3 Å². The summed E-state index contributed by atoms with van der Waals surface area (Å²) in [5, 5.41) is 7.15. The van der Waals surface area contributed by atoms with Gasteiger partial charge in [0.05, 0.1) is 24.3 Å². The van der Waals surface area contributed by atoms with Crippen molar-refractivity contribution in [1.82, 2.24) is 10.1 Å². The van der Waals surface area contributed by atoms with Gasteiger partial charge >= 0.3 is 0 Å². The second kappa shape index (κ2) is 9.02. The van der Waals surface area contributed by atoms with Crippen molar-refractivity contribution in [2.24, 2.45) is 5.92 Å². The molecular formula is C26H30N2O4. The van der Waals surface area contributed by atoms with Crippen molar-refractivity contribution in [3.8, 4) is 5.75 Å². The molecule has 1 aliphatic carbocycles. The van der Waals surface area contributed by atoms with Gasteiger partial charge in [-0.15, -0.1) is 0 Å². The number of aromatic nitrogens is 1. The van der Waals surface area contributed by atoms with E-state index in [1.54, 1.807) is 0 Å². The number of ether oxygens (including phenoxy) is 1. The van der Waals surface area contributed by atoms with Crippen LogP contribution in [0.25, 0.3) is 21.7 Å². The van der Waals surface area contributed by atoms with Gasteiger partial charge in [-0.1, -0.05) is 11.2 Å². The van der Waals surface area contributed by atoms with Crippen molar-refractivity contribution in [3.05, 3.63) is 36.0 Å². The van der Waals surface area contributed by atoms with Crippen LogP contribution in [0.15, 0.2) is 34.9 Å². The van der Waals surface area contributed by atoms with Crippen LogP contribution in [0, 0.1) is 5.92 Å². The molecule has 1 saturated carbocycles. The second-order valence-corrected chi connectivity index (χ2v) is 9.40. The van der Waals surface area contributed by atoms with E-state index in [4.69, 9.17) is 9.26 Å². The predicted molar refractivity (Wildman–Crippen MR) is 123 cm³/mol. The standard InChI is InChI=1S/C26H30N2O4/c1-28-12-10-17(11-13-28)3-2-14-31-20-6-8-21-18(15-20)4-9-24-25(21)26(27-32-24)22-7-5-19(29)16-23(22)30/h4,6,8-9,15,17,22H,2-3,5,7,10-14,16H2,1H3/t22-/m1/s1. The summed E-state index contributed by atoms with van der Waals surface area (Å²) in [6.45, 7) is 3.14. The van der Waals surface area contributed by atoms with E-state index >= 15 is 0 Å². The van der Waals surface area contributed by atoms with E-state index in [9.17, 15) is 9.59 Å².